The number of benzene rings is 2. The fraction of sp³-hybridized carbons (Fsp3) is 0.350. The van der Waals surface area contributed by atoms with Gasteiger partial charge in [-0.15, -0.1) is 0 Å². The molecule has 120 valence electrons. The first-order valence-corrected chi connectivity index (χ1v) is 8.51. The minimum absolute atomic E-state index is 0.0500. The molecular formula is C20H24N2O. The van der Waals surface area contributed by atoms with Crippen molar-refractivity contribution in [1.82, 2.24) is 0 Å². The molecule has 1 heterocycles. The summed E-state index contributed by atoms with van der Waals surface area (Å²) in [6.07, 6.45) is 4.81. The van der Waals surface area contributed by atoms with Gasteiger partial charge in [0.1, 0.15) is 0 Å². The van der Waals surface area contributed by atoms with E-state index in [4.69, 9.17) is 0 Å². The maximum atomic E-state index is 12.3. The van der Waals surface area contributed by atoms with Gasteiger partial charge in [0, 0.05) is 30.0 Å². The van der Waals surface area contributed by atoms with E-state index in [0.29, 0.717) is 5.56 Å². The second-order valence-corrected chi connectivity index (χ2v) is 6.10. The molecule has 1 aliphatic heterocycles. The Morgan fingerprint density at radius 1 is 1.04 bits per heavy atom. The lowest BCUT2D eigenvalue weighted by atomic mass is 10.1. The number of hydrogen-bond acceptors (Lipinski definition) is 2. The van der Waals surface area contributed by atoms with Crippen LogP contribution in [0.5, 0.6) is 0 Å². The van der Waals surface area contributed by atoms with Crippen LogP contribution >= 0.6 is 0 Å². The predicted molar refractivity (Wildman–Crippen MR) is 96.3 cm³/mol. The number of carbonyl (C=O) groups is 1. The first kappa shape index (κ1) is 15.6. The molecule has 23 heavy (non-hydrogen) atoms. The zero-order valence-corrected chi connectivity index (χ0v) is 13.7. The van der Waals surface area contributed by atoms with Crippen LogP contribution in [0.2, 0.25) is 0 Å². The lowest BCUT2D eigenvalue weighted by molar-refractivity contribution is 0.102. The lowest BCUT2D eigenvalue weighted by Gasteiger charge is -2.28. The topological polar surface area (TPSA) is 32.3 Å². The van der Waals surface area contributed by atoms with E-state index in [1.54, 1.807) is 0 Å². The Hall–Kier alpha value is -2.29. The van der Waals surface area contributed by atoms with Crippen LogP contribution in [-0.2, 0) is 6.42 Å². The van der Waals surface area contributed by atoms with Gasteiger partial charge in [-0.3, -0.25) is 4.79 Å². The summed E-state index contributed by atoms with van der Waals surface area (Å²) >= 11 is 0. The molecule has 2 aromatic rings. The van der Waals surface area contributed by atoms with Crippen LogP contribution in [0.25, 0.3) is 0 Å². The van der Waals surface area contributed by atoms with Gasteiger partial charge < -0.3 is 10.2 Å². The van der Waals surface area contributed by atoms with E-state index < -0.39 is 0 Å². The van der Waals surface area contributed by atoms with Gasteiger partial charge in [-0.1, -0.05) is 19.1 Å². The summed E-state index contributed by atoms with van der Waals surface area (Å²) in [6, 6.07) is 16.0. The smallest absolute Gasteiger partial charge is 0.255 e. The summed E-state index contributed by atoms with van der Waals surface area (Å²) in [5.41, 5.74) is 3.98. The van der Waals surface area contributed by atoms with Gasteiger partial charge in [0.25, 0.3) is 5.91 Å². The molecule has 0 unspecified atom stereocenters. The van der Waals surface area contributed by atoms with Crippen LogP contribution < -0.4 is 10.2 Å². The van der Waals surface area contributed by atoms with Crippen molar-refractivity contribution < 1.29 is 4.79 Å². The van der Waals surface area contributed by atoms with E-state index in [9.17, 15) is 4.79 Å². The Bertz CT molecular complexity index is 658. The molecule has 0 aromatic heterocycles. The van der Waals surface area contributed by atoms with Gasteiger partial charge in [0.15, 0.2) is 0 Å². The number of anilines is 2. The third-order valence-electron chi connectivity index (χ3n) is 4.44. The van der Waals surface area contributed by atoms with Crippen LogP contribution in [0.1, 0.15) is 42.1 Å². The molecule has 2 aromatic carbocycles. The summed E-state index contributed by atoms with van der Waals surface area (Å²) in [6.45, 7) is 4.36. The molecule has 3 heteroatoms. The van der Waals surface area contributed by atoms with Gasteiger partial charge in [0.2, 0.25) is 0 Å². The van der Waals surface area contributed by atoms with Gasteiger partial charge in [0.05, 0.1) is 0 Å². The van der Waals surface area contributed by atoms with Crippen LogP contribution in [0, 0.1) is 0 Å². The largest absolute Gasteiger partial charge is 0.372 e. The van der Waals surface area contributed by atoms with Crippen molar-refractivity contribution in [2.45, 2.75) is 32.6 Å². The van der Waals surface area contributed by atoms with E-state index in [1.807, 2.05) is 36.4 Å². The zero-order valence-electron chi connectivity index (χ0n) is 13.7. The SMILES string of the molecule is CCc1cccc(C(=O)Nc2ccc(N3CCCCC3)cc2)c1. The number of rotatable bonds is 4. The molecule has 3 nitrogen and oxygen atoms in total. The van der Waals surface area contributed by atoms with E-state index in [1.165, 1.54) is 30.5 Å². The number of aryl methyl sites for hydroxylation is 1. The van der Waals surface area contributed by atoms with Gasteiger partial charge in [-0.05, 0) is 67.6 Å². The van der Waals surface area contributed by atoms with Crippen molar-refractivity contribution in [2.24, 2.45) is 0 Å². The molecule has 1 fully saturated rings. The third-order valence-corrected chi connectivity index (χ3v) is 4.44. The quantitative estimate of drug-likeness (QED) is 0.902. The first-order chi connectivity index (χ1) is 11.3. The molecule has 3 rings (SSSR count). The molecule has 0 aliphatic carbocycles. The number of carbonyl (C=O) groups excluding carboxylic acids is 1. The Kier molecular flexibility index (Phi) is 4.96. The highest BCUT2D eigenvalue weighted by atomic mass is 16.1. The van der Waals surface area contributed by atoms with Crippen LogP contribution in [0.4, 0.5) is 11.4 Å². The Balaban J connectivity index is 1.66. The summed E-state index contributed by atoms with van der Waals surface area (Å²) in [5, 5.41) is 2.98. The van der Waals surface area contributed by atoms with E-state index in [-0.39, 0.29) is 5.91 Å². The van der Waals surface area contributed by atoms with Crippen molar-refractivity contribution >= 4 is 17.3 Å². The number of piperidine rings is 1. The summed E-state index contributed by atoms with van der Waals surface area (Å²) in [4.78, 5) is 14.8. The highest BCUT2D eigenvalue weighted by molar-refractivity contribution is 6.04. The monoisotopic (exact) mass is 308 g/mol. The Morgan fingerprint density at radius 2 is 1.78 bits per heavy atom. The van der Waals surface area contributed by atoms with E-state index >= 15 is 0 Å². The third kappa shape index (κ3) is 3.92. The fourth-order valence-corrected chi connectivity index (χ4v) is 3.04. The van der Waals surface area contributed by atoms with Crippen LogP contribution in [0.3, 0.4) is 0 Å². The second kappa shape index (κ2) is 7.32. The first-order valence-electron chi connectivity index (χ1n) is 8.51. The molecule has 0 spiro atoms. The predicted octanol–water partition coefficient (Wildman–Crippen LogP) is 4.49. The molecule has 1 aliphatic rings. The van der Waals surface area contributed by atoms with Gasteiger partial charge in [-0.2, -0.15) is 0 Å². The minimum atomic E-state index is -0.0500. The van der Waals surface area contributed by atoms with Gasteiger partial charge in [-0.25, -0.2) is 0 Å². The maximum absolute atomic E-state index is 12.3. The number of hydrogen-bond donors (Lipinski definition) is 1. The normalized spacial score (nSPS) is 14.6. The lowest BCUT2D eigenvalue weighted by Crippen LogP contribution is -2.29. The van der Waals surface area contributed by atoms with Crippen LogP contribution in [-0.4, -0.2) is 19.0 Å². The molecule has 0 atom stereocenters. The summed E-state index contributed by atoms with van der Waals surface area (Å²) < 4.78 is 0. The Labute approximate surface area is 138 Å². The van der Waals surface area contributed by atoms with Crippen molar-refractivity contribution in [1.29, 1.82) is 0 Å². The maximum Gasteiger partial charge on any atom is 0.255 e. The molecule has 0 radical (unpaired) electrons. The van der Waals surface area contributed by atoms with Crippen molar-refractivity contribution in [3.05, 3.63) is 59.7 Å². The van der Waals surface area contributed by atoms with Crippen molar-refractivity contribution in [3.63, 3.8) is 0 Å². The van der Waals surface area contributed by atoms with Crippen molar-refractivity contribution in [3.8, 4) is 0 Å². The van der Waals surface area contributed by atoms with Crippen LogP contribution in [0.15, 0.2) is 48.5 Å². The standard InChI is InChI=1S/C20H24N2O/c1-2-16-7-6-8-17(15-16)20(23)21-18-9-11-19(12-10-18)22-13-4-3-5-14-22/h6-12,15H,2-5,13-14H2,1H3,(H,21,23). The summed E-state index contributed by atoms with van der Waals surface area (Å²) in [5.74, 6) is -0.0500. The molecule has 0 saturated carbocycles. The van der Waals surface area contributed by atoms with Gasteiger partial charge >= 0.3 is 0 Å². The highest BCUT2D eigenvalue weighted by Crippen LogP contribution is 2.22. The number of nitrogens with zero attached hydrogens (tertiary/aromatic N) is 1. The molecule has 1 N–H and O–H groups in total. The molecular weight excluding hydrogens is 284 g/mol. The summed E-state index contributed by atoms with van der Waals surface area (Å²) in [7, 11) is 0. The molecule has 1 amide bonds. The number of nitrogens with one attached hydrogen (secondary N) is 1. The van der Waals surface area contributed by atoms with E-state index in [0.717, 1.165) is 25.2 Å². The fourth-order valence-electron chi connectivity index (χ4n) is 3.04. The molecule has 1 saturated heterocycles. The average Bonchev–Trinajstić information content (AvgIpc) is 2.63. The average molecular weight is 308 g/mol. The number of amides is 1. The minimum Gasteiger partial charge on any atom is -0.372 e. The highest BCUT2D eigenvalue weighted by Gasteiger charge is 2.11. The zero-order chi connectivity index (χ0) is 16.1. The second-order valence-electron chi connectivity index (χ2n) is 6.10. The van der Waals surface area contributed by atoms with Crippen molar-refractivity contribution in [2.75, 3.05) is 23.3 Å². The van der Waals surface area contributed by atoms with E-state index in [2.05, 4.69) is 29.3 Å². The Morgan fingerprint density at radius 3 is 2.48 bits per heavy atom. The molecule has 0 bridgehead atoms.